The Kier molecular flexibility index (Phi) is 1.26. The van der Waals surface area contributed by atoms with Crippen molar-refractivity contribution in [1.82, 2.24) is 0 Å². The lowest BCUT2D eigenvalue weighted by atomic mass is 9.67. The first-order chi connectivity index (χ1) is 4.31. The van der Waals surface area contributed by atoms with Crippen LogP contribution in [0.25, 0.3) is 0 Å². The van der Waals surface area contributed by atoms with Gasteiger partial charge in [-0.05, 0) is 36.2 Å². The minimum atomic E-state index is -0.455. The molecular formula is C7H11FS. The Bertz CT molecular complexity index is 110. The second-order valence-corrected chi connectivity index (χ2v) is 4.41. The van der Waals surface area contributed by atoms with Gasteiger partial charge in [0, 0.05) is 0 Å². The molecule has 2 heteroatoms. The first-order valence-corrected chi connectivity index (χ1v) is 4.68. The van der Waals surface area contributed by atoms with Crippen LogP contribution in [0.1, 0.15) is 19.3 Å². The Labute approximate surface area is 59.2 Å². The molecular weight excluding hydrogens is 135 g/mol. The SMILES string of the molecule is FC1CC2(CCSC2)C1. The highest BCUT2D eigenvalue weighted by molar-refractivity contribution is 7.99. The van der Waals surface area contributed by atoms with E-state index in [0.717, 1.165) is 12.8 Å². The zero-order chi connectivity index (χ0) is 6.32. The summed E-state index contributed by atoms with van der Waals surface area (Å²) in [6.07, 6.45) is 2.54. The topological polar surface area (TPSA) is 0 Å². The van der Waals surface area contributed by atoms with E-state index in [1.165, 1.54) is 17.9 Å². The summed E-state index contributed by atoms with van der Waals surface area (Å²) in [5.41, 5.74) is 0.476. The molecule has 2 rings (SSSR count). The van der Waals surface area contributed by atoms with E-state index in [2.05, 4.69) is 0 Å². The average molecular weight is 146 g/mol. The lowest BCUT2D eigenvalue weighted by molar-refractivity contribution is 0.0491. The van der Waals surface area contributed by atoms with Gasteiger partial charge in [0.25, 0.3) is 0 Å². The third-order valence-corrected chi connectivity index (χ3v) is 3.80. The molecule has 52 valence electrons. The maximum absolute atomic E-state index is 12.4. The summed E-state index contributed by atoms with van der Waals surface area (Å²) < 4.78 is 12.4. The Morgan fingerprint density at radius 3 is 2.67 bits per heavy atom. The van der Waals surface area contributed by atoms with E-state index in [1.54, 1.807) is 0 Å². The van der Waals surface area contributed by atoms with Crippen molar-refractivity contribution in [2.45, 2.75) is 25.4 Å². The zero-order valence-corrected chi connectivity index (χ0v) is 6.22. The molecule has 0 bridgehead atoms. The zero-order valence-electron chi connectivity index (χ0n) is 5.40. The van der Waals surface area contributed by atoms with Crippen LogP contribution in [0.3, 0.4) is 0 Å². The van der Waals surface area contributed by atoms with Crippen LogP contribution in [0.15, 0.2) is 0 Å². The van der Waals surface area contributed by atoms with E-state index in [-0.39, 0.29) is 0 Å². The lowest BCUT2D eigenvalue weighted by Crippen LogP contribution is -2.38. The Morgan fingerprint density at radius 2 is 2.22 bits per heavy atom. The summed E-state index contributed by atoms with van der Waals surface area (Å²) in [7, 11) is 0. The van der Waals surface area contributed by atoms with Crippen molar-refractivity contribution in [3.63, 3.8) is 0 Å². The third kappa shape index (κ3) is 0.878. The van der Waals surface area contributed by atoms with Gasteiger partial charge in [-0.15, -0.1) is 0 Å². The van der Waals surface area contributed by atoms with Crippen LogP contribution in [0.2, 0.25) is 0 Å². The number of alkyl halides is 1. The normalized spacial score (nSPS) is 49.7. The van der Waals surface area contributed by atoms with Gasteiger partial charge in [-0.2, -0.15) is 11.8 Å². The molecule has 1 heterocycles. The van der Waals surface area contributed by atoms with E-state index in [4.69, 9.17) is 0 Å². The van der Waals surface area contributed by atoms with Gasteiger partial charge in [0.05, 0.1) is 0 Å². The molecule has 1 aliphatic heterocycles. The summed E-state index contributed by atoms with van der Waals surface area (Å²) in [5, 5.41) is 0. The summed E-state index contributed by atoms with van der Waals surface area (Å²) in [4.78, 5) is 0. The van der Waals surface area contributed by atoms with Gasteiger partial charge in [-0.1, -0.05) is 0 Å². The number of rotatable bonds is 0. The highest BCUT2D eigenvalue weighted by atomic mass is 32.2. The van der Waals surface area contributed by atoms with Gasteiger partial charge < -0.3 is 0 Å². The molecule has 1 spiro atoms. The van der Waals surface area contributed by atoms with Crippen molar-refractivity contribution in [3.8, 4) is 0 Å². The van der Waals surface area contributed by atoms with Crippen LogP contribution in [-0.2, 0) is 0 Å². The smallest absolute Gasteiger partial charge is 0.101 e. The molecule has 0 aromatic carbocycles. The molecule has 1 aliphatic carbocycles. The van der Waals surface area contributed by atoms with Crippen LogP contribution in [0.5, 0.6) is 0 Å². The van der Waals surface area contributed by atoms with Crippen molar-refractivity contribution < 1.29 is 4.39 Å². The van der Waals surface area contributed by atoms with Crippen LogP contribution in [0, 0.1) is 5.41 Å². The maximum atomic E-state index is 12.4. The summed E-state index contributed by atoms with van der Waals surface area (Å²) >= 11 is 1.99. The second kappa shape index (κ2) is 1.88. The number of hydrogen-bond acceptors (Lipinski definition) is 1. The molecule has 0 N–H and O–H groups in total. The molecule has 1 saturated carbocycles. The fraction of sp³-hybridized carbons (Fsp3) is 1.00. The minimum absolute atomic E-state index is 0.455. The van der Waals surface area contributed by atoms with Crippen molar-refractivity contribution in [2.75, 3.05) is 11.5 Å². The number of thioether (sulfide) groups is 1. The Morgan fingerprint density at radius 1 is 1.44 bits per heavy atom. The van der Waals surface area contributed by atoms with Gasteiger partial charge in [0.2, 0.25) is 0 Å². The van der Waals surface area contributed by atoms with E-state index in [9.17, 15) is 4.39 Å². The molecule has 0 unspecified atom stereocenters. The first kappa shape index (κ1) is 6.02. The maximum Gasteiger partial charge on any atom is 0.101 e. The highest BCUT2D eigenvalue weighted by Crippen LogP contribution is 2.52. The summed E-state index contributed by atoms with van der Waals surface area (Å²) in [6, 6.07) is 0. The lowest BCUT2D eigenvalue weighted by Gasteiger charge is -2.40. The van der Waals surface area contributed by atoms with Gasteiger partial charge in [-0.25, -0.2) is 4.39 Å². The predicted molar refractivity (Wildman–Crippen MR) is 38.5 cm³/mol. The molecule has 1 saturated heterocycles. The molecule has 0 aromatic rings. The van der Waals surface area contributed by atoms with Crippen molar-refractivity contribution in [1.29, 1.82) is 0 Å². The van der Waals surface area contributed by atoms with Crippen molar-refractivity contribution >= 4 is 11.8 Å². The predicted octanol–water partition coefficient (Wildman–Crippen LogP) is 2.24. The summed E-state index contributed by atoms with van der Waals surface area (Å²) in [6.45, 7) is 0. The van der Waals surface area contributed by atoms with E-state index in [1.807, 2.05) is 11.8 Å². The molecule has 0 amide bonds. The van der Waals surface area contributed by atoms with Gasteiger partial charge in [0.1, 0.15) is 6.17 Å². The fourth-order valence-corrected chi connectivity index (χ4v) is 3.39. The molecule has 9 heavy (non-hydrogen) atoms. The number of halogens is 1. The quantitative estimate of drug-likeness (QED) is 0.505. The van der Waals surface area contributed by atoms with E-state index < -0.39 is 6.17 Å². The highest BCUT2D eigenvalue weighted by Gasteiger charge is 2.46. The fourth-order valence-electron chi connectivity index (χ4n) is 1.85. The van der Waals surface area contributed by atoms with Crippen molar-refractivity contribution in [2.24, 2.45) is 5.41 Å². The van der Waals surface area contributed by atoms with Crippen molar-refractivity contribution in [3.05, 3.63) is 0 Å². The minimum Gasteiger partial charge on any atom is -0.247 e. The molecule has 0 aromatic heterocycles. The third-order valence-electron chi connectivity index (χ3n) is 2.49. The van der Waals surface area contributed by atoms with Crippen LogP contribution < -0.4 is 0 Å². The Balaban J connectivity index is 1.95. The largest absolute Gasteiger partial charge is 0.247 e. The Hall–Kier alpha value is 0.280. The van der Waals surface area contributed by atoms with Gasteiger partial charge in [-0.3, -0.25) is 0 Å². The van der Waals surface area contributed by atoms with Crippen LogP contribution in [-0.4, -0.2) is 17.7 Å². The van der Waals surface area contributed by atoms with Gasteiger partial charge in [0.15, 0.2) is 0 Å². The number of hydrogen-bond donors (Lipinski definition) is 0. The first-order valence-electron chi connectivity index (χ1n) is 3.53. The molecule has 0 atom stereocenters. The van der Waals surface area contributed by atoms with Crippen LogP contribution in [0.4, 0.5) is 4.39 Å². The molecule has 2 fully saturated rings. The molecule has 2 aliphatic rings. The monoisotopic (exact) mass is 146 g/mol. The van der Waals surface area contributed by atoms with Gasteiger partial charge >= 0.3 is 0 Å². The standard InChI is InChI=1S/C7H11FS/c8-6-3-7(4-6)1-2-9-5-7/h6H,1-5H2. The summed E-state index contributed by atoms with van der Waals surface area (Å²) in [5.74, 6) is 2.50. The molecule has 0 radical (unpaired) electrons. The van der Waals surface area contributed by atoms with E-state index in [0.29, 0.717) is 5.41 Å². The second-order valence-electron chi connectivity index (χ2n) is 3.31. The van der Waals surface area contributed by atoms with Crippen LogP contribution >= 0.6 is 11.8 Å². The average Bonchev–Trinajstić information content (AvgIpc) is 2.12. The van der Waals surface area contributed by atoms with E-state index >= 15 is 0 Å². The molecule has 0 nitrogen and oxygen atoms in total.